The number of rotatable bonds is 3. The minimum Gasteiger partial charge on any atom is -0.377 e. The number of halogens is 1. The predicted octanol–water partition coefficient (Wildman–Crippen LogP) is 2.59. The molecule has 150 valence electrons. The highest BCUT2D eigenvalue weighted by molar-refractivity contribution is 5.97. The first kappa shape index (κ1) is 18.4. The summed E-state index contributed by atoms with van der Waals surface area (Å²) in [5.74, 6) is 0.326. The van der Waals surface area contributed by atoms with E-state index in [9.17, 15) is 4.39 Å². The van der Waals surface area contributed by atoms with Crippen LogP contribution in [-0.4, -0.2) is 47.3 Å². The fraction of sp³-hybridized carbons (Fsp3) is 0.381. The van der Waals surface area contributed by atoms with Crippen LogP contribution >= 0.6 is 0 Å². The van der Waals surface area contributed by atoms with Gasteiger partial charge in [0.1, 0.15) is 5.82 Å². The van der Waals surface area contributed by atoms with Gasteiger partial charge in [-0.3, -0.25) is 10.4 Å². The monoisotopic (exact) mass is 394 g/mol. The molecule has 29 heavy (non-hydrogen) atoms. The lowest BCUT2D eigenvalue weighted by Gasteiger charge is -2.34. The molecule has 0 amide bonds. The molecule has 8 heteroatoms. The van der Waals surface area contributed by atoms with Crippen LogP contribution in [0.25, 0.3) is 22.0 Å². The Balaban J connectivity index is 1.75. The summed E-state index contributed by atoms with van der Waals surface area (Å²) < 4.78 is 20.2. The summed E-state index contributed by atoms with van der Waals surface area (Å²) >= 11 is 0. The van der Waals surface area contributed by atoms with E-state index in [1.165, 1.54) is 6.20 Å². The molecule has 0 spiro atoms. The first-order valence-corrected chi connectivity index (χ1v) is 9.95. The van der Waals surface area contributed by atoms with Gasteiger partial charge in [-0.2, -0.15) is 4.39 Å². The molecule has 0 aliphatic carbocycles. The van der Waals surface area contributed by atoms with Gasteiger partial charge in [0.25, 0.3) is 0 Å². The Kier molecular flexibility index (Phi) is 4.83. The number of nitrogens with one attached hydrogen (secondary N) is 2. The smallest absolute Gasteiger partial charge is 0.220 e. The molecule has 7 nitrogen and oxygen atoms in total. The summed E-state index contributed by atoms with van der Waals surface area (Å²) in [5, 5.41) is 0.875. The highest BCUT2D eigenvalue weighted by atomic mass is 19.1. The summed E-state index contributed by atoms with van der Waals surface area (Å²) in [4.78, 5) is 15.7. The van der Waals surface area contributed by atoms with Crippen LogP contribution in [0.4, 0.5) is 10.2 Å². The Morgan fingerprint density at radius 1 is 1.21 bits per heavy atom. The molecule has 5 rings (SSSR count). The molecule has 2 fully saturated rings. The second kappa shape index (κ2) is 7.62. The van der Waals surface area contributed by atoms with Gasteiger partial charge in [-0.15, -0.1) is 0 Å². The third-order valence-electron chi connectivity index (χ3n) is 5.62. The quantitative estimate of drug-likeness (QED) is 0.662. The minimum atomic E-state index is -0.486. The van der Waals surface area contributed by atoms with Gasteiger partial charge in [-0.1, -0.05) is 0 Å². The highest BCUT2D eigenvalue weighted by Crippen LogP contribution is 2.36. The van der Waals surface area contributed by atoms with Crippen LogP contribution in [-0.2, 0) is 4.74 Å². The number of hydrogen-bond acceptors (Lipinski definition) is 7. The molecule has 2 saturated heterocycles. The van der Waals surface area contributed by atoms with E-state index in [2.05, 4.69) is 32.6 Å². The number of morpholine rings is 1. The maximum atomic E-state index is 14.7. The van der Waals surface area contributed by atoms with Gasteiger partial charge < -0.3 is 9.64 Å². The number of hydrogen-bond donors (Lipinski definition) is 2. The molecule has 2 N–H and O–H groups in total. The lowest BCUT2D eigenvalue weighted by molar-refractivity contribution is 0.0986. The van der Waals surface area contributed by atoms with Gasteiger partial charge in [-0.25, -0.2) is 15.4 Å². The van der Waals surface area contributed by atoms with Crippen molar-refractivity contribution in [2.75, 3.05) is 31.2 Å². The average Bonchev–Trinajstić information content (AvgIpc) is 3.28. The zero-order chi connectivity index (χ0) is 19.8. The minimum absolute atomic E-state index is 0.0650. The molecule has 0 radical (unpaired) electrons. The lowest BCUT2D eigenvalue weighted by atomic mass is 9.99. The first-order chi connectivity index (χ1) is 14.2. The van der Waals surface area contributed by atoms with Crippen LogP contribution in [0.15, 0.2) is 36.7 Å². The SMILES string of the molecule is C[C@@H]1COCCN1c1cc(-c2cccnc2F)c2ccnc(C3CCNN3)c2n1. The van der Waals surface area contributed by atoms with Crippen LogP contribution in [0, 0.1) is 5.95 Å². The topological polar surface area (TPSA) is 75.2 Å². The lowest BCUT2D eigenvalue weighted by Crippen LogP contribution is -2.44. The summed E-state index contributed by atoms with van der Waals surface area (Å²) in [5.41, 5.74) is 9.35. The molecule has 0 saturated carbocycles. The van der Waals surface area contributed by atoms with E-state index in [-0.39, 0.29) is 12.1 Å². The van der Waals surface area contributed by atoms with Crippen molar-refractivity contribution in [3.05, 3.63) is 48.3 Å². The zero-order valence-electron chi connectivity index (χ0n) is 16.2. The molecule has 2 atom stereocenters. The second-order valence-corrected chi connectivity index (χ2v) is 7.49. The summed E-state index contributed by atoms with van der Waals surface area (Å²) in [6.07, 6.45) is 4.16. The fourth-order valence-corrected chi connectivity index (χ4v) is 4.13. The maximum Gasteiger partial charge on any atom is 0.220 e. The summed E-state index contributed by atoms with van der Waals surface area (Å²) in [6, 6.07) is 7.64. The normalized spacial score (nSPS) is 22.3. The van der Waals surface area contributed by atoms with Crippen LogP contribution in [0.3, 0.4) is 0 Å². The van der Waals surface area contributed by atoms with E-state index < -0.39 is 5.95 Å². The van der Waals surface area contributed by atoms with Crippen molar-refractivity contribution < 1.29 is 9.13 Å². The van der Waals surface area contributed by atoms with Crippen LogP contribution in [0.5, 0.6) is 0 Å². The Morgan fingerprint density at radius 3 is 2.93 bits per heavy atom. The summed E-state index contributed by atoms with van der Waals surface area (Å²) in [6.45, 7) is 5.02. The molecule has 2 aliphatic rings. The van der Waals surface area contributed by atoms with Crippen molar-refractivity contribution in [2.24, 2.45) is 0 Å². The van der Waals surface area contributed by atoms with Gasteiger partial charge in [0.05, 0.1) is 36.5 Å². The maximum absolute atomic E-state index is 14.7. The van der Waals surface area contributed by atoms with E-state index in [1.807, 2.05) is 12.1 Å². The molecule has 3 aromatic rings. The molecule has 2 aliphatic heterocycles. The molecule has 0 aromatic carbocycles. The summed E-state index contributed by atoms with van der Waals surface area (Å²) in [7, 11) is 0. The van der Waals surface area contributed by atoms with Crippen LogP contribution < -0.4 is 15.8 Å². The van der Waals surface area contributed by atoms with Gasteiger partial charge >= 0.3 is 0 Å². The van der Waals surface area contributed by atoms with Gasteiger partial charge in [0.15, 0.2) is 0 Å². The molecular formula is C21H23FN6O. The van der Waals surface area contributed by atoms with Crippen molar-refractivity contribution in [1.82, 2.24) is 25.8 Å². The molecule has 3 aromatic heterocycles. The Hall–Kier alpha value is -2.68. The molecular weight excluding hydrogens is 371 g/mol. The van der Waals surface area contributed by atoms with Crippen molar-refractivity contribution in [2.45, 2.75) is 25.4 Å². The molecule has 5 heterocycles. The number of fused-ring (bicyclic) bond motifs is 1. The predicted molar refractivity (Wildman–Crippen MR) is 109 cm³/mol. The number of anilines is 1. The molecule has 0 bridgehead atoms. The molecule has 1 unspecified atom stereocenters. The van der Waals surface area contributed by atoms with Crippen LogP contribution in [0.2, 0.25) is 0 Å². The van der Waals surface area contributed by atoms with Gasteiger partial charge in [-0.05, 0) is 43.2 Å². The van der Waals surface area contributed by atoms with Crippen molar-refractivity contribution >= 4 is 16.7 Å². The number of nitrogens with zero attached hydrogens (tertiary/aromatic N) is 4. The zero-order valence-corrected chi connectivity index (χ0v) is 16.2. The third kappa shape index (κ3) is 3.33. The number of hydrazine groups is 1. The van der Waals surface area contributed by atoms with Gasteiger partial charge in [0.2, 0.25) is 5.95 Å². The highest BCUT2D eigenvalue weighted by Gasteiger charge is 2.26. The number of ether oxygens (including phenoxy) is 1. The van der Waals surface area contributed by atoms with E-state index in [4.69, 9.17) is 9.72 Å². The number of aromatic nitrogens is 3. The number of pyridine rings is 3. The second-order valence-electron chi connectivity index (χ2n) is 7.49. The Labute approximate surface area is 168 Å². The van der Waals surface area contributed by atoms with Crippen molar-refractivity contribution in [3.63, 3.8) is 0 Å². The van der Waals surface area contributed by atoms with E-state index in [0.29, 0.717) is 18.8 Å². The fourth-order valence-electron chi connectivity index (χ4n) is 4.13. The van der Waals surface area contributed by atoms with E-state index in [1.54, 1.807) is 18.3 Å². The van der Waals surface area contributed by atoms with Crippen molar-refractivity contribution in [3.8, 4) is 11.1 Å². The average molecular weight is 394 g/mol. The first-order valence-electron chi connectivity index (χ1n) is 9.95. The largest absolute Gasteiger partial charge is 0.377 e. The standard InChI is InChI=1S/C21H23FN6O/c1-13-12-29-10-9-28(13)18-11-16(15-3-2-6-24-21(15)22)14-4-7-23-20(19(14)26-18)17-5-8-25-27-17/h2-4,6-7,11,13,17,25,27H,5,8-10,12H2,1H3/t13-,17?/m1/s1. The van der Waals surface area contributed by atoms with E-state index >= 15 is 0 Å². The van der Waals surface area contributed by atoms with Crippen LogP contribution in [0.1, 0.15) is 25.1 Å². The third-order valence-corrected chi connectivity index (χ3v) is 5.62. The van der Waals surface area contributed by atoms with E-state index in [0.717, 1.165) is 47.5 Å². The van der Waals surface area contributed by atoms with Crippen molar-refractivity contribution in [1.29, 1.82) is 0 Å². The Morgan fingerprint density at radius 2 is 2.14 bits per heavy atom. The van der Waals surface area contributed by atoms with Gasteiger partial charge in [0, 0.05) is 36.4 Å². The Bertz CT molecular complexity index is 1040.